The third-order valence-electron chi connectivity index (χ3n) is 6.23. The lowest BCUT2D eigenvalue weighted by atomic mass is 9.95. The minimum absolute atomic E-state index is 0.0644. The molecule has 2 amide bonds. The Morgan fingerprint density at radius 2 is 1.81 bits per heavy atom. The standard InChI is InChI=1S/C24H41N3O5/c1-19(2)22-24(31)27(13-9-11-26-14-16-32-17-15-26)12-8-6-4-3-5-7-10-20(18-21(28)29)23(30)25-22/h3-4,19-20,22H,5-18H2,1-2H3,(H,25,30)(H,28,29)/t20-,22+/m1/s1. The van der Waals surface area contributed by atoms with E-state index >= 15 is 0 Å². The summed E-state index contributed by atoms with van der Waals surface area (Å²) in [5.74, 6) is -2.07. The molecule has 2 rings (SSSR count). The molecule has 2 aliphatic heterocycles. The minimum Gasteiger partial charge on any atom is -0.481 e. The van der Waals surface area contributed by atoms with Gasteiger partial charge in [-0.2, -0.15) is 0 Å². The Morgan fingerprint density at radius 1 is 1.12 bits per heavy atom. The van der Waals surface area contributed by atoms with Crippen LogP contribution >= 0.6 is 0 Å². The van der Waals surface area contributed by atoms with Gasteiger partial charge in [0.05, 0.1) is 19.6 Å². The number of allylic oxidation sites excluding steroid dienone is 2. The third-order valence-corrected chi connectivity index (χ3v) is 6.23. The van der Waals surface area contributed by atoms with Gasteiger partial charge in [-0.25, -0.2) is 0 Å². The van der Waals surface area contributed by atoms with Gasteiger partial charge in [0.2, 0.25) is 11.8 Å². The molecular weight excluding hydrogens is 410 g/mol. The molecule has 182 valence electrons. The van der Waals surface area contributed by atoms with Crippen LogP contribution in [-0.4, -0.2) is 84.7 Å². The smallest absolute Gasteiger partial charge is 0.304 e. The lowest BCUT2D eigenvalue weighted by Gasteiger charge is -2.32. The van der Waals surface area contributed by atoms with E-state index in [0.717, 1.165) is 65.0 Å². The van der Waals surface area contributed by atoms with E-state index < -0.39 is 17.9 Å². The van der Waals surface area contributed by atoms with Crippen LogP contribution in [0.3, 0.4) is 0 Å². The van der Waals surface area contributed by atoms with Crippen LogP contribution in [0.5, 0.6) is 0 Å². The summed E-state index contributed by atoms with van der Waals surface area (Å²) in [6.45, 7) is 9.44. The van der Waals surface area contributed by atoms with Crippen molar-refractivity contribution in [1.82, 2.24) is 15.1 Å². The van der Waals surface area contributed by atoms with E-state index in [9.17, 15) is 19.5 Å². The van der Waals surface area contributed by atoms with E-state index in [1.54, 1.807) is 0 Å². The number of rotatable bonds is 7. The highest BCUT2D eigenvalue weighted by Gasteiger charge is 2.31. The number of aliphatic carboxylic acids is 1. The molecule has 0 aliphatic carbocycles. The predicted octanol–water partition coefficient (Wildman–Crippen LogP) is 2.29. The van der Waals surface area contributed by atoms with Crippen LogP contribution < -0.4 is 5.32 Å². The summed E-state index contributed by atoms with van der Waals surface area (Å²) in [6, 6.07) is -0.638. The molecule has 8 heteroatoms. The number of hydrogen-bond acceptors (Lipinski definition) is 5. The van der Waals surface area contributed by atoms with Gasteiger partial charge < -0.3 is 20.1 Å². The molecule has 0 aromatic rings. The first-order valence-corrected chi connectivity index (χ1v) is 12.1. The Hall–Kier alpha value is -1.93. The molecule has 0 unspecified atom stereocenters. The lowest BCUT2D eigenvalue weighted by molar-refractivity contribution is -0.142. The first-order valence-electron chi connectivity index (χ1n) is 12.1. The van der Waals surface area contributed by atoms with Crippen LogP contribution in [0.1, 0.15) is 58.8 Å². The summed E-state index contributed by atoms with van der Waals surface area (Å²) < 4.78 is 5.40. The highest BCUT2D eigenvalue weighted by molar-refractivity contribution is 5.90. The van der Waals surface area contributed by atoms with Crippen molar-refractivity contribution in [1.29, 1.82) is 0 Å². The zero-order chi connectivity index (χ0) is 23.3. The number of amides is 2. The van der Waals surface area contributed by atoms with Crippen molar-refractivity contribution < 1.29 is 24.2 Å². The fraction of sp³-hybridized carbons (Fsp3) is 0.792. The van der Waals surface area contributed by atoms with Gasteiger partial charge in [-0.15, -0.1) is 0 Å². The molecular formula is C24H41N3O5. The van der Waals surface area contributed by atoms with Crippen molar-refractivity contribution in [3.8, 4) is 0 Å². The molecule has 2 aliphatic rings. The second kappa shape index (κ2) is 14.3. The summed E-state index contributed by atoms with van der Waals surface area (Å²) in [4.78, 5) is 41.9. The summed E-state index contributed by atoms with van der Waals surface area (Å²) >= 11 is 0. The number of nitrogens with zero attached hydrogens (tertiary/aromatic N) is 2. The zero-order valence-corrected chi connectivity index (χ0v) is 19.8. The predicted molar refractivity (Wildman–Crippen MR) is 123 cm³/mol. The summed E-state index contributed by atoms with van der Waals surface area (Å²) in [7, 11) is 0. The number of nitrogens with one attached hydrogen (secondary N) is 1. The molecule has 2 atom stereocenters. The van der Waals surface area contributed by atoms with Crippen LogP contribution in [0.2, 0.25) is 0 Å². The minimum atomic E-state index is -0.987. The van der Waals surface area contributed by atoms with Crippen LogP contribution in [0.25, 0.3) is 0 Å². The molecule has 8 nitrogen and oxygen atoms in total. The van der Waals surface area contributed by atoms with Crippen LogP contribution in [0.4, 0.5) is 0 Å². The maximum Gasteiger partial charge on any atom is 0.304 e. The van der Waals surface area contributed by atoms with Crippen LogP contribution in [0, 0.1) is 11.8 Å². The first-order chi connectivity index (χ1) is 15.4. The van der Waals surface area contributed by atoms with Crippen molar-refractivity contribution >= 4 is 17.8 Å². The Labute approximate surface area is 192 Å². The van der Waals surface area contributed by atoms with Gasteiger partial charge in [0.25, 0.3) is 0 Å². The van der Waals surface area contributed by atoms with Gasteiger partial charge in [-0.05, 0) is 44.4 Å². The van der Waals surface area contributed by atoms with Gasteiger partial charge >= 0.3 is 5.97 Å². The van der Waals surface area contributed by atoms with Crippen molar-refractivity contribution in [3.05, 3.63) is 12.2 Å². The van der Waals surface area contributed by atoms with Crippen molar-refractivity contribution in [2.24, 2.45) is 11.8 Å². The number of carbonyl (C=O) groups is 3. The van der Waals surface area contributed by atoms with Crippen LogP contribution in [0.15, 0.2) is 12.2 Å². The second-order valence-corrected chi connectivity index (χ2v) is 9.20. The number of carbonyl (C=O) groups excluding carboxylic acids is 2. The SMILES string of the molecule is CC(C)[C@@H]1NC(=O)[C@@H](CC(=O)O)CCCC=CCCCN(CCCN2CCOCC2)C1=O. The largest absolute Gasteiger partial charge is 0.481 e. The first kappa shape index (κ1) is 26.3. The van der Waals surface area contributed by atoms with E-state index in [4.69, 9.17) is 4.74 Å². The van der Waals surface area contributed by atoms with E-state index in [1.165, 1.54) is 0 Å². The zero-order valence-electron chi connectivity index (χ0n) is 19.8. The van der Waals surface area contributed by atoms with E-state index in [1.807, 2.05) is 18.7 Å². The molecule has 0 radical (unpaired) electrons. The molecule has 2 N–H and O–H groups in total. The average molecular weight is 452 g/mol. The summed E-state index contributed by atoms with van der Waals surface area (Å²) in [5.41, 5.74) is 0. The number of morpholine rings is 1. The maximum atomic E-state index is 13.5. The van der Waals surface area contributed by atoms with Gasteiger partial charge in [0, 0.05) is 38.6 Å². The van der Waals surface area contributed by atoms with Gasteiger partial charge in [0.1, 0.15) is 6.04 Å². The monoisotopic (exact) mass is 451 g/mol. The molecule has 0 aromatic heterocycles. The quantitative estimate of drug-likeness (QED) is 0.576. The molecule has 0 aromatic carbocycles. The van der Waals surface area contributed by atoms with E-state index in [0.29, 0.717) is 19.5 Å². The highest BCUT2D eigenvalue weighted by atomic mass is 16.5. The molecule has 1 fully saturated rings. The number of ether oxygens (including phenoxy) is 1. The second-order valence-electron chi connectivity index (χ2n) is 9.20. The van der Waals surface area contributed by atoms with Crippen LogP contribution in [-0.2, 0) is 19.1 Å². The van der Waals surface area contributed by atoms with Crippen molar-refractivity contribution in [3.63, 3.8) is 0 Å². The van der Waals surface area contributed by atoms with Crippen molar-refractivity contribution in [2.75, 3.05) is 45.9 Å². The topological polar surface area (TPSA) is 99.2 Å². The molecule has 1 saturated heterocycles. The third kappa shape index (κ3) is 9.28. The number of carboxylic acids is 1. The molecule has 0 saturated carbocycles. The highest BCUT2D eigenvalue weighted by Crippen LogP contribution is 2.17. The Bertz CT molecular complexity index is 631. The molecule has 32 heavy (non-hydrogen) atoms. The molecule has 0 bridgehead atoms. The molecule has 2 heterocycles. The Kier molecular flexibility index (Phi) is 11.7. The summed E-state index contributed by atoms with van der Waals surface area (Å²) in [6.07, 6.45) is 8.79. The average Bonchev–Trinajstić information content (AvgIpc) is 2.76. The number of hydrogen-bond donors (Lipinski definition) is 2. The number of carboxylic acid groups (broad SMARTS) is 1. The normalized spacial score (nSPS) is 24.9. The van der Waals surface area contributed by atoms with Crippen molar-refractivity contribution in [2.45, 2.75) is 64.8 Å². The van der Waals surface area contributed by atoms with Gasteiger partial charge in [-0.1, -0.05) is 26.0 Å². The fourth-order valence-electron chi connectivity index (χ4n) is 4.28. The van der Waals surface area contributed by atoms with Gasteiger partial charge in [-0.3, -0.25) is 19.3 Å². The van der Waals surface area contributed by atoms with E-state index in [2.05, 4.69) is 22.4 Å². The Morgan fingerprint density at radius 3 is 2.47 bits per heavy atom. The Balaban J connectivity index is 2.09. The van der Waals surface area contributed by atoms with E-state index in [-0.39, 0.29) is 24.2 Å². The van der Waals surface area contributed by atoms with Gasteiger partial charge in [0.15, 0.2) is 0 Å². The lowest BCUT2D eigenvalue weighted by Crippen LogP contribution is -2.53. The summed E-state index contributed by atoms with van der Waals surface area (Å²) in [5, 5.41) is 12.2. The maximum absolute atomic E-state index is 13.5. The fourth-order valence-corrected chi connectivity index (χ4v) is 4.28. The molecule has 0 spiro atoms.